The van der Waals surface area contributed by atoms with Gasteiger partial charge in [-0.1, -0.05) is 32.9 Å². The molecule has 15 heavy (non-hydrogen) atoms. The molecule has 0 aliphatic rings. The second kappa shape index (κ2) is 9.53. The van der Waals surface area contributed by atoms with Crippen molar-refractivity contribution in [3.63, 3.8) is 0 Å². The molecule has 1 rings (SSSR count). The SMILES string of the molecule is CC.CCOCOc1ccc(CC)cc1. The van der Waals surface area contributed by atoms with Crippen LogP contribution < -0.4 is 4.74 Å². The molecule has 0 spiro atoms. The Morgan fingerprint density at radius 1 is 1.00 bits per heavy atom. The van der Waals surface area contributed by atoms with Crippen molar-refractivity contribution in [1.29, 1.82) is 0 Å². The molecule has 86 valence electrons. The van der Waals surface area contributed by atoms with Gasteiger partial charge in [0.25, 0.3) is 0 Å². The second-order valence-electron chi connectivity index (χ2n) is 2.75. The van der Waals surface area contributed by atoms with Crippen molar-refractivity contribution in [2.45, 2.75) is 34.1 Å². The molecule has 0 saturated heterocycles. The second-order valence-corrected chi connectivity index (χ2v) is 2.75. The van der Waals surface area contributed by atoms with Gasteiger partial charge in [-0.15, -0.1) is 0 Å². The van der Waals surface area contributed by atoms with E-state index in [9.17, 15) is 0 Å². The predicted octanol–water partition coefficient (Wildman–Crippen LogP) is 3.65. The maximum Gasteiger partial charge on any atom is 0.189 e. The van der Waals surface area contributed by atoms with E-state index in [1.807, 2.05) is 32.9 Å². The van der Waals surface area contributed by atoms with E-state index in [4.69, 9.17) is 9.47 Å². The monoisotopic (exact) mass is 210 g/mol. The summed E-state index contributed by atoms with van der Waals surface area (Å²) in [6.07, 6.45) is 1.06. The summed E-state index contributed by atoms with van der Waals surface area (Å²) in [4.78, 5) is 0. The largest absolute Gasteiger partial charge is 0.468 e. The normalized spacial score (nSPS) is 9.07. The molecule has 0 saturated carbocycles. The van der Waals surface area contributed by atoms with Crippen LogP contribution in [0.4, 0.5) is 0 Å². The van der Waals surface area contributed by atoms with Gasteiger partial charge in [0.1, 0.15) is 5.75 Å². The molecule has 0 aromatic heterocycles. The highest BCUT2D eigenvalue weighted by molar-refractivity contribution is 5.26. The van der Waals surface area contributed by atoms with Crippen LogP contribution in [-0.2, 0) is 11.2 Å². The fourth-order valence-corrected chi connectivity index (χ4v) is 1.01. The number of aryl methyl sites for hydroxylation is 1. The molecule has 2 nitrogen and oxygen atoms in total. The minimum absolute atomic E-state index is 0.335. The maximum atomic E-state index is 5.32. The summed E-state index contributed by atoms with van der Waals surface area (Å²) in [6.45, 7) is 9.11. The van der Waals surface area contributed by atoms with Gasteiger partial charge in [0.2, 0.25) is 0 Å². The van der Waals surface area contributed by atoms with Crippen molar-refractivity contribution in [1.82, 2.24) is 0 Å². The van der Waals surface area contributed by atoms with Gasteiger partial charge < -0.3 is 9.47 Å². The summed E-state index contributed by atoms with van der Waals surface area (Å²) >= 11 is 0. The first-order valence-corrected chi connectivity index (χ1v) is 5.66. The summed E-state index contributed by atoms with van der Waals surface area (Å²) < 4.78 is 10.4. The lowest BCUT2D eigenvalue weighted by atomic mass is 10.2. The average molecular weight is 210 g/mol. The minimum atomic E-state index is 0.335. The molecule has 1 aromatic carbocycles. The first-order valence-electron chi connectivity index (χ1n) is 5.66. The van der Waals surface area contributed by atoms with Gasteiger partial charge in [-0.25, -0.2) is 0 Å². The fraction of sp³-hybridized carbons (Fsp3) is 0.538. The quantitative estimate of drug-likeness (QED) is 0.545. The molecular formula is C13H22O2. The predicted molar refractivity (Wildman–Crippen MR) is 64.3 cm³/mol. The molecule has 0 bridgehead atoms. The first-order chi connectivity index (χ1) is 7.36. The van der Waals surface area contributed by atoms with Crippen molar-refractivity contribution < 1.29 is 9.47 Å². The van der Waals surface area contributed by atoms with E-state index in [0.29, 0.717) is 13.4 Å². The number of ether oxygens (including phenoxy) is 2. The fourth-order valence-electron chi connectivity index (χ4n) is 1.01. The highest BCUT2D eigenvalue weighted by Crippen LogP contribution is 2.12. The third-order valence-corrected chi connectivity index (χ3v) is 1.84. The Morgan fingerprint density at radius 3 is 2.07 bits per heavy atom. The van der Waals surface area contributed by atoms with Crippen LogP contribution in [0.25, 0.3) is 0 Å². The first kappa shape index (κ1) is 14.0. The molecule has 0 amide bonds. The third kappa shape index (κ3) is 6.13. The zero-order valence-electron chi connectivity index (χ0n) is 10.2. The molecule has 1 aromatic rings. The highest BCUT2D eigenvalue weighted by atomic mass is 16.7. The van der Waals surface area contributed by atoms with E-state index in [-0.39, 0.29) is 0 Å². The Hall–Kier alpha value is -1.02. The van der Waals surface area contributed by atoms with Gasteiger partial charge >= 0.3 is 0 Å². The number of benzene rings is 1. The van der Waals surface area contributed by atoms with E-state index in [1.165, 1.54) is 5.56 Å². The Morgan fingerprint density at radius 2 is 1.60 bits per heavy atom. The summed E-state index contributed by atoms with van der Waals surface area (Å²) in [6, 6.07) is 8.08. The highest BCUT2D eigenvalue weighted by Gasteiger charge is 1.92. The maximum absolute atomic E-state index is 5.32. The molecular weight excluding hydrogens is 188 g/mol. The van der Waals surface area contributed by atoms with Crippen LogP contribution in [0.2, 0.25) is 0 Å². The molecule has 0 N–H and O–H groups in total. The van der Waals surface area contributed by atoms with E-state index in [0.717, 1.165) is 12.2 Å². The van der Waals surface area contributed by atoms with E-state index < -0.39 is 0 Å². The summed E-state index contributed by atoms with van der Waals surface area (Å²) in [5.41, 5.74) is 1.32. The Labute approximate surface area is 93.2 Å². The van der Waals surface area contributed by atoms with E-state index in [1.54, 1.807) is 0 Å². The average Bonchev–Trinajstić information content (AvgIpc) is 2.33. The standard InChI is InChI=1S/C11H16O2.C2H6/c1-3-10-5-7-11(8-6-10)13-9-12-4-2;1-2/h5-8H,3-4,9H2,1-2H3;1-2H3. The van der Waals surface area contributed by atoms with E-state index in [2.05, 4.69) is 19.1 Å². The van der Waals surface area contributed by atoms with Crippen molar-refractivity contribution >= 4 is 0 Å². The molecule has 0 fully saturated rings. The Balaban J connectivity index is 0.000000921. The summed E-state index contributed by atoms with van der Waals surface area (Å²) in [7, 11) is 0. The Bertz CT molecular complexity index is 229. The number of hydrogen-bond acceptors (Lipinski definition) is 2. The number of hydrogen-bond donors (Lipinski definition) is 0. The van der Waals surface area contributed by atoms with Crippen LogP contribution in [0.15, 0.2) is 24.3 Å². The molecule has 0 heterocycles. The molecule has 0 radical (unpaired) electrons. The van der Waals surface area contributed by atoms with Crippen LogP contribution in [-0.4, -0.2) is 13.4 Å². The van der Waals surface area contributed by atoms with Crippen LogP contribution in [0.1, 0.15) is 33.3 Å². The number of rotatable bonds is 5. The molecule has 0 atom stereocenters. The van der Waals surface area contributed by atoms with Crippen LogP contribution in [0.3, 0.4) is 0 Å². The van der Waals surface area contributed by atoms with E-state index >= 15 is 0 Å². The summed E-state index contributed by atoms with van der Waals surface area (Å²) in [5, 5.41) is 0. The van der Waals surface area contributed by atoms with Gasteiger partial charge in [0.05, 0.1) is 0 Å². The van der Waals surface area contributed by atoms with Gasteiger partial charge in [0, 0.05) is 6.61 Å². The van der Waals surface area contributed by atoms with Crippen molar-refractivity contribution in [3.8, 4) is 5.75 Å². The molecule has 2 heteroatoms. The van der Waals surface area contributed by atoms with Crippen molar-refractivity contribution in [3.05, 3.63) is 29.8 Å². The lowest BCUT2D eigenvalue weighted by Crippen LogP contribution is -2.01. The smallest absolute Gasteiger partial charge is 0.189 e. The van der Waals surface area contributed by atoms with Crippen molar-refractivity contribution in [2.24, 2.45) is 0 Å². The van der Waals surface area contributed by atoms with Crippen LogP contribution in [0, 0.1) is 0 Å². The minimum Gasteiger partial charge on any atom is -0.468 e. The zero-order valence-corrected chi connectivity index (χ0v) is 10.2. The zero-order chi connectivity index (χ0) is 11.5. The molecule has 0 aliphatic carbocycles. The van der Waals surface area contributed by atoms with Gasteiger partial charge in [-0.2, -0.15) is 0 Å². The van der Waals surface area contributed by atoms with Gasteiger partial charge in [0.15, 0.2) is 6.79 Å². The topological polar surface area (TPSA) is 18.5 Å². The van der Waals surface area contributed by atoms with Crippen LogP contribution >= 0.6 is 0 Å². The molecule has 0 aliphatic heterocycles. The third-order valence-electron chi connectivity index (χ3n) is 1.84. The van der Waals surface area contributed by atoms with Crippen LogP contribution in [0.5, 0.6) is 5.75 Å². The van der Waals surface area contributed by atoms with Gasteiger partial charge in [-0.05, 0) is 31.0 Å². The molecule has 0 unspecified atom stereocenters. The Kier molecular flexibility index (Phi) is 8.88. The summed E-state index contributed by atoms with van der Waals surface area (Å²) in [5.74, 6) is 0.866. The van der Waals surface area contributed by atoms with Gasteiger partial charge in [-0.3, -0.25) is 0 Å². The lowest BCUT2D eigenvalue weighted by Gasteiger charge is -2.05. The lowest BCUT2D eigenvalue weighted by molar-refractivity contribution is 0.0224. The van der Waals surface area contributed by atoms with Crippen molar-refractivity contribution in [2.75, 3.05) is 13.4 Å².